The molecular formula is C14H9Cl2FN2OS. The van der Waals surface area contributed by atoms with Crippen molar-refractivity contribution >= 4 is 52.0 Å². The van der Waals surface area contributed by atoms with Crippen molar-refractivity contribution in [2.75, 3.05) is 5.32 Å². The first kappa shape index (κ1) is 15.7. The normalized spacial score (nSPS) is 10.2. The molecule has 2 rings (SSSR count). The Kier molecular flexibility index (Phi) is 4.77. The van der Waals surface area contributed by atoms with Gasteiger partial charge in [0.05, 0.1) is 16.3 Å². The number of nitrogens with two attached hydrogens (primary N) is 1. The average Bonchev–Trinajstić information content (AvgIpc) is 2.40. The Morgan fingerprint density at radius 2 is 1.90 bits per heavy atom. The number of anilines is 1. The van der Waals surface area contributed by atoms with Crippen molar-refractivity contribution < 1.29 is 9.18 Å². The number of thiocarbonyl (C=S) groups is 1. The first-order valence-electron chi connectivity index (χ1n) is 5.74. The first-order valence-corrected chi connectivity index (χ1v) is 6.90. The third kappa shape index (κ3) is 3.69. The van der Waals surface area contributed by atoms with E-state index in [0.717, 1.165) is 6.07 Å². The second-order valence-corrected chi connectivity index (χ2v) is 5.42. The lowest BCUT2D eigenvalue weighted by atomic mass is 10.1. The van der Waals surface area contributed by atoms with Gasteiger partial charge in [-0.2, -0.15) is 0 Å². The lowest BCUT2D eigenvalue weighted by Crippen LogP contribution is -2.15. The minimum absolute atomic E-state index is 0.142. The Morgan fingerprint density at radius 1 is 1.19 bits per heavy atom. The molecule has 0 saturated heterocycles. The van der Waals surface area contributed by atoms with Gasteiger partial charge in [-0.1, -0.05) is 41.5 Å². The molecule has 7 heteroatoms. The van der Waals surface area contributed by atoms with Crippen molar-refractivity contribution in [2.45, 2.75) is 0 Å². The van der Waals surface area contributed by atoms with Gasteiger partial charge in [0.1, 0.15) is 10.8 Å². The van der Waals surface area contributed by atoms with Crippen molar-refractivity contribution in [3.8, 4) is 0 Å². The molecule has 0 aliphatic heterocycles. The first-order chi connectivity index (χ1) is 9.88. The molecule has 0 saturated carbocycles. The molecule has 0 spiro atoms. The van der Waals surface area contributed by atoms with Crippen LogP contribution >= 0.6 is 35.4 Å². The van der Waals surface area contributed by atoms with E-state index in [1.165, 1.54) is 18.2 Å². The molecule has 3 N–H and O–H groups in total. The molecule has 0 radical (unpaired) electrons. The van der Waals surface area contributed by atoms with Crippen molar-refractivity contribution in [3.63, 3.8) is 0 Å². The summed E-state index contributed by atoms with van der Waals surface area (Å²) in [5.74, 6) is -1.37. The van der Waals surface area contributed by atoms with Crippen molar-refractivity contribution in [2.24, 2.45) is 5.73 Å². The van der Waals surface area contributed by atoms with Gasteiger partial charge in [0, 0.05) is 10.6 Å². The van der Waals surface area contributed by atoms with E-state index in [9.17, 15) is 9.18 Å². The van der Waals surface area contributed by atoms with E-state index >= 15 is 0 Å². The summed E-state index contributed by atoms with van der Waals surface area (Å²) in [6.07, 6.45) is 0. The molecule has 108 valence electrons. The van der Waals surface area contributed by atoms with Crippen LogP contribution in [0.25, 0.3) is 0 Å². The van der Waals surface area contributed by atoms with Gasteiger partial charge in [-0.3, -0.25) is 4.79 Å². The number of hydrogen-bond acceptors (Lipinski definition) is 2. The number of amides is 1. The minimum atomic E-state index is -0.721. The maximum atomic E-state index is 13.7. The van der Waals surface area contributed by atoms with Crippen LogP contribution in [0.4, 0.5) is 10.1 Å². The molecule has 0 atom stereocenters. The predicted octanol–water partition coefficient (Wildman–Crippen LogP) is 4.02. The molecule has 0 unspecified atom stereocenters. The minimum Gasteiger partial charge on any atom is -0.389 e. The van der Waals surface area contributed by atoms with Crippen LogP contribution in [0, 0.1) is 5.82 Å². The standard InChI is InChI=1S/C14H9Cl2FN2OS/c15-8-2-3-9(11(17)6-8)14(20)19-12-5-7(13(18)21)1-4-10(12)16/h1-6H,(H2,18,21)(H,19,20). The second-order valence-electron chi connectivity index (χ2n) is 4.14. The van der Waals surface area contributed by atoms with Gasteiger partial charge in [-0.05, 0) is 30.3 Å². The Morgan fingerprint density at radius 3 is 2.52 bits per heavy atom. The number of carbonyl (C=O) groups excluding carboxylic acids is 1. The van der Waals surface area contributed by atoms with E-state index in [4.69, 9.17) is 41.2 Å². The fourth-order valence-corrected chi connectivity index (χ4v) is 2.09. The van der Waals surface area contributed by atoms with Crippen LogP contribution < -0.4 is 11.1 Å². The Labute approximate surface area is 135 Å². The van der Waals surface area contributed by atoms with Crippen LogP contribution in [0.5, 0.6) is 0 Å². The maximum Gasteiger partial charge on any atom is 0.258 e. The number of halogens is 3. The predicted molar refractivity (Wildman–Crippen MR) is 86.7 cm³/mol. The lowest BCUT2D eigenvalue weighted by molar-refractivity contribution is 0.102. The van der Waals surface area contributed by atoms with Gasteiger partial charge in [-0.25, -0.2) is 4.39 Å². The molecule has 0 aromatic heterocycles. The Bertz CT molecular complexity index is 737. The highest BCUT2D eigenvalue weighted by Crippen LogP contribution is 2.24. The zero-order valence-corrected chi connectivity index (χ0v) is 12.8. The van der Waals surface area contributed by atoms with Crippen LogP contribution in [-0.4, -0.2) is 10.9 Å². The third-order valence-electron chi connectivity index (χ3n) is 2.67. The van der Waals surface area contributed by atoms with E-state index < -0.39 is 11.7 Å². The quantitative estimate of drug-likeness (QED) is 0.828. The fourth-order valence-electron chi connectivity index (χ4n) is 1.64. The fraction of sp³-hybridized carbons (Fsp3) is 0. The van der Waals surface area contributed by atoms with Gasteiger partial charge in [0.2, 0.25) is 0 Å². The Balaban J connectivity index is 2.31. The van der Waals surface area contributed by atoms with Gasteiger partial charge >= 0.3 is 0 Å². The molecule has 0 bridgehead atoms. The molecule has 3 nitrogen and oxygen atoms in total. The highest BCUT2D eigenvalue weighted by molar-refractivity contribution is 7.80. The van der Waals surface area contributed by atoms with Crippen LogP contribution in [0.3, 0.4) is 0 Å². The summed E-state index contributed by atoms with van der Waals surface area (Å²) in [7, 11) is 0. The molecular weight excluding hydrogens is 334 g/mol. The van der Waals surface area contributed by atoms with Gasteiger partial charge < -0.3 is 11.1 Å². The van der Waals surface area contributed by atoms with Gasteiger partial charge in [-0.15, -0.1) is 0 Å². The molecule has 0 aliphatic carbocycles. The highest BCUT2D eigenvalue weighted by Gasteiger charge is 2.14. The van der Waals surface area contributed by atoms with Crippen molar-refractivity contribution in [1.82, 2.24) is 0 Å². The maximum absolute atomic E-state index is 13.7. The summed E-state index contributed by atoms with van der Waals surface area (Å²) in [5, 5.41) is 3.01. The van der Waals surface area contributed by atoms with Gasteiger partial charge in [0.25, 0.3) is 5.91 Å². The number of hydrogen-bond donors (Lipinski definition) is 2. The molecule has 2 aromatic rings. The van der Waals surface area contributed by atoms with E-state index in [2.05, 4.69) is 5.32 Å². The molecule has 21 heavy (non-hydrogen) atoms. The average molecular weight is 343 g/mol. The number of rotatable bonds is 3. The van der Waals surface area contributed by atoms with E-state index in [1.807, 2.05) is 0 Å². The van der Waals surface area contributed by atoms with Crippen molar-refractivity contribution in [3.05, 3.63) is 63.4 Å². The topological polar surface area (TPSA) is 55.1 Å². The van der Waals surface area contributed by atoms with E-state index in [1.54, 1.807) is 12.1 Å². The highest BCUT2D eigenvalue weighted by atomic mass is 35.5. The summed E-state index contributed by atoms with van der Waals surface area (Å²) in [4.78, 5) is 12.2. The molecule has 1 amide bonds. The summed E-state index contributed by atoms with van der Waals surface area (Å²) in [6.45, 7) is 0. The van der Waals surface area contributed by atoms with Crippen LogP contribution in [0.15, 0.2) is 36.4 Å². The molecule has 0 heterocycles. The van der Waals surface area contributed by atoms with Crippen LogP contribution in [0.1, 0.15) is 15.9 Å². The lowest BCUT2D eigenvalue weighted by Gasteiger charge is -2.10. The number of benzene rings is 2. The summed E-state index contributed by atoms with van der Waals surface area (Å²) >= 11 is 16.5. The SMILES string of the molecule is NC(=S)c1ccc(Cl)c(NC(=O)c2ccc(Cl)cc2F)c1. The van der Waals surface area contributed by atoms with E-state index in [0.29, 0.717) is 11.3 Å². The molecule has 0 fully saturated rings. The van der Waals surface area contributed by atoms with Gasteiger partial charge in [0.15, 0.2) is 0 Å². The third-order valence-corrected chi connectivity index (χ3v) is 3.48. The largest absolute Gasteiger partial charge is 0.389 e. The smallest absolute Gasteiger partial charge is 0.258 e. The van der Waals surface area contributed by atoms with E-state index in [-0.39, 0.29) is 20.6 Å². The summed E-state index contributed by atoms with van der Waals surface area (Å²) < 4.78 is 13.7. The van der Waals surface area contributed by atoms with Crippen LogP contribution in [0.2, 0.25) is 10.0 Å². The zero-order chi connectivity index (χ0) is 15.6. The number of carbonyl (C=O) groups is 1. The number of nitrogens with one attached hydrogen (secondary N) is 1. The molecule has 2 aromatic carbocycles. The van der Waals surface area contributed by atoms with Crippen LogP contribution in [-0.2, 0) is 0 Å². The summed E-state index contributed by atoms with van der Waals surface area (Å²) in [6, 6.07) is 8.47. The summed E-state index contributed by atoms with van der Waals surface area (Å²) in [5.41, 5.74) is 6.21. The molecule has 0 aliphatic rings. The Hall–Kier alpha value is -1.69. The zero-order valence-electron chi connectivity index (χ0n) is 10.5. The van der Waals surface area contributed by atoms with Crippen molar-refractivity contribution in [1.29, 1.82) is 0 Å². The second kappa shape index (κ2) is 6.39. The monoisotopic (exact) mass is 342 g/mol.